The van der Waals surface area contributed by atoms with Gasteiger partial charge in [0.1, 0.15) is 6.10 Å². The van der Waals surface area contributed by atoms with Crippen LogP contribution in [-0.4, -0.2) is 11.6 Å². The zero-order chi connectivity index (χ0) is 9.54. The van der Waals surface area contributed by atoms with Crippen LogP contribution in [0.1, 0.15) is 17.4 Å². The quantitative estimate of drug-likeness (QED) is 0.638. The van der Waals surface area contributed by atoms with Crippen LogP contribution in [-0.2, 0) is 4.74 Å². The highest BCUT2D eigenvalue weighted by Crippen LogP contribution is 2.31. The number of aromatic nitrogens is 1. The fraction of sp³-hybridized carbons (Fsp3) is 0.250. The third kappa shape index (κ3) is 1.28. The average molecular weight is 185 g/mol. The molecule has 2 heteroatoms. The van der Waals surface area contributed by atoms with Crippen molar-refractivity contribution < 1.29 is 4.74 Å². The fourth-order valence-electron chi connectivity index (χ4n) is 1.69. The molecule has 0 spiro atoms. The van der Waals surface area contributed by atoms with Gasteiger partial charge in [0, 0.05) is 11.1 Å². The molecule has 1 aromatic carbocycles. The van der Waals surface area contributed by atoms with E-state index in [-0.39, 0.29) is 0 Å². The molecule has 0 aliphatic carbocycles. The van der Waals surface area contributed by atoms with Crippen LogP contribution in [0.4, 0.5) is 0 Å². The van der Waals surface area contributed by atoms with E-state index < -0.39 is 0 Å². The Balaban J connectivity index is 2.18. The van der Waals surface area contributed by atoms with Crippen molar-refractivity contribution in [3.63, 3.8) is 0 Å². The lowest BCUT2D eigenvalue weighted by molar-refractivity contribution is 0.416. The van der Waals surface area contributed by atoms with Crippen LogP contribution in [0.3, 0.4) is 0 Å². The molecular weight excluding hydrogens is 174 g/mol. The van der Waals surface area contributed by atoms with Gasteiger partial charge in [-0.1, -0.05) is 12.1 Å². The summed E-state index contributed by atoms with van der Waals surface area (Å²) in [6.07, 6.45) is 0.334. The molecule has 1 aromatic heterocycles. The second-order valence-electron chi connectivity index (χ2n) is 3.73. The second-order valence-corrected chi connectivity index (χ2v) is 3.73. The van der Waals surface area contributed by atoms with Crippen molar-refractivity contribution in [2.24, 2.45) is 0 Å². The first-order valence-corrected chi connectivity index (χ1v) is 4.82. The maximum Gasteiger partial charge on any atom is 0.106 e. The van der Waals surface area contributed by atoms with Crippen molar-refractivity contribution in [3.05, 3.63) is 41.6 Å². The molecule has 3 rings (SSSR count). The number of nitrogens with zero attached hydrogens (tertiary/aromatic N) is 1. The molecule has 0 radical (unpaired) electrons. The Hall–Kier alpha value is -1.41. The van der Waals surface area contributed by atoms with Crippen molar-refractivity contribution >= 4 is 10.9 Å². The zero-order valence-electron chi connectivity index (χ0n) is 8.03. The summed E-state index contributed by atoms with van der Waals surface area (Å²) < 4.78 is 5.25. The molecule has 2 aromatic rings. The van der Waals surface area contributed by atoms with Gasteiger partial charge in [-0.15, -0.1) is 0 Å². The van der Waals surface area contributed by atoms with Gasteiger partial charge >= 0.3 is 0 Å². The van der Waals surface area contributed by atoms with E-state index in [1.54, 1.807) is 0 Å². The summed E-state index contributed by atoms with van der Waals surface area (Å²) in [4.78, 5) is 4.46. The van der Waals surface area contributed by atoms with E-state index in [4.69, 9.17) is 4.74 Å². The molecule has 0 N–H and O–H groups in total. The summed E-state index contributed by atoms with van der Waals surface area (Å²) in [5, 5.41) is 1.20. The van der Waals surface area contributed by atoms with E-state index in [9.17, 15) is 0 Å². The Morgan fingerprint density at radius 1 is 1.29 bits per heavy atom. The van der Waals surface area contributed by atoms with Crippen LogP contribution in [0.25, 0.3) is 10.9 Å². The topological polar surface area (TPSA) is 25.4 Å². The van der Waals surface area contributed by atoms with Crippen LogP contribution in [0.5, 0.6) is 0 Å². The van der Waals surface area contributed by atoms with Gasteiger partial charge in [-0.05, 0) is 30.7 Å². The van der Waals surface area contributed by atoms with Gasteiger partial charge in [-0.25, -0.2) is 0 Å². The lowest BCUT2D eigenvalue weighted by Gasteiger charge is -2.00. The van der Waals surface area contributed by atoms with E-state index in [1.807, 2.05) is 13.0 Å². The minimum Gasteiger partial charge on any atom is -0.368 e. The van der Waals surface area contributed by atoms with Crippen LogP contribution in [0.15, 0.2) is 30.3 Å². The van der Waals surface area contributed by atoms with E-state index in [0.717, 1.165) is 17.8 Å². The van der Waals surface area contributed by atoms with Crippen LogP contribution in [0.2, 0.25) is 0 Å². The van der Waals surface area contributed by atoms with Crippen molar-refractivity contribution in [1.29, 1.82) is 0 Å². The monoisotopic (exact) mass is 185 g/mol. The lowest BCUT2D eigenvalue weighted by Crippen LogP contribution is -1.85. The molecule has 1 saturated heterocycles. The number of pyridine rings is 1. The normalized spacial score (nSPS) is 19.9. The number of hydrogen-bond acceptors (Lipinski definition) is 2. The molecular formula is C12H11NO. The summed E-state index contributed by atoms with van der Waals surface area (Å²) in [6, 6.07) is 10.5. The summed E-state index contributed by atoms with van der Waals surface area (Å²) in [6.45, 7) is 2.88. The van der Waals surface area contributed by atoms with Crippen molar-refractivity contribution in [3.8, 4) is 0 Å². The maximum absolute atomic E-state index is 5.25. The van der Waals surface area contributed by atoms with Crippen molar-refractivity contribution in [2.45, 2.75) is 13.0 Å². The Kier molecular flexibility index (Phi) is 1.58. The zero-order valence-corrected chi connectivity index (χ0v) is 8.03. The summed E-state index contributed by atoms with van der Waals surface area (Å²) in [5.41, 5.74) is 3.39. The molecule has 2 nitrogen and oxygen atoms in total. The fourth-order valence-corrected chi connectivity index (χ4v) is 1.69. The van der Waals surface area contributed by atoms with E-state index in [0.29, 0.717) is 6.10 Å². The molecule has 0 unspecified atom stereocenters. The molecule has 1 aliphatic heterocycles. The lowest BCUT2D eigenvalue weighted by atomic mass is 10.1. The summed E-state index contributed by atoms with van der Waals surface area (Å²) in [7, 11) is 0. The van der Waals surface area contributed by atoms with Gasteiger partial charge in [0.25, 0.3) is 0 Å². The van der Waals surface area contributed by atoms with Crippen molar-refractivity contribution in [2.75, 3.05) is 6.61 Å². The first-order valence-electron chi connectivity index (χ1n) is 4.82. The maximum atomic E-state index is 5.25. The Bertz CT molecular complexity index is 489. The van der Waals surface area contributed by atoms with Gasteiger partial charge in [-0.3, -0.25) is 4.98 Å². The number of benzene rings is 1. The van der Waals surface area contributed by atoms with Gasteiger partial charge < -0.3 is 4.74 Å². The van der Waals surface area contributed by atoms with Gasteiger partial charge in [0.2, 0.25) is 0 Å². The predicted molar refractivity (Wildman–Crippen MR) is 55.2 cm³/mol. The van der Waals surface area contributed by atoms with E-state index in [1.165, 1.54) is 10.9 Å². The van der Waals surface area contributed by atoms with Crippen molar-refractivity contribution in [1.82, 2.24) is 4.98 Å². The first-order chi connectivity index (χ1) is 6.83. The largest absolute Gasteiger partial charge is 0.368 e. The van der Waals surface area contributed by atoms with Crippen LogP contribution in [0, 0.1) is 6.92 Å². The second kappa shape index (κ2) is 2.79. The van der Waals surface area contributed by atoms with E-state index in [2.05, 4.69) is 29.2 Å². The minimum atomic E-state index is 0.334. The molecule has 0 amide bonds. The van der Waals surface area contributed by atoms with Crippen LogP contribution >= 0.6 is 0 Å². The molecule has 1 aliphatic rings. The standard InChI is InChI=1S/C12H11NO/c1-8-2-3-9-6-10(12-7-14-12)4-5-11(9)13-8/h2-6,12H,7H2,1H3/t12-/m1/s1. The highest BCUT2D eigenvalue weighted by atomic mass is 16.6. The Labute approximate surface area is 82.5 Å². The van der Waals surface area contributed by atoms with Gasteiger partial charge in [0.05, 0.1) is 12.1 Å². The third-order valence-corrected chi connectivity index (χ3v) is 2.56. The third-order valence-electron chi connectivity index (χ3n) is 2.56. The molecule has 0 saturated carbocycles. The summed E-state index contributed by atoms with van der Waals surface area (Å²) in [5.74, 6) is 0. The molecule has 1 atom stereocenters. The number of aryl methyl sites for hydroxylation is 1. The number of hydrogen-bond donors (Lipinski definition) is 0. The number of fused-ring (bicyclic) bond motifs is 1. The average Bonchev–Trinajstić information content (AvgIpc) is 3.00. The first kappa shape index (κ1) is 7.94. The van der Waals surface area contributed by atoms with E-state index >= 15 is 0 Å². The number of rotatable bonds is 1. The molecule has 1 fully saturated rings. The smallest absolute Gasteiger partial charge is 0.106 e. The van der Waals surface area contributed by atoms with Gasteiger partial charge in [0.15, 0.2) is 0 Å². The Morgan fingerprint density at radius 2 is 2.14 bits per heavy atom. The molecule has 0 bridgehead atoms. The number of ether oxygens (including phenoxy) is 1. The highest BCUT2D eigenvalue weighted by molar-refractivity contribution is 5.79. The van der Waals surface area contributed by atoms with Gasteiger partial charge in [-0.2, -0.15) is 0 Å². The highest BCUT2D eigenvalue weighted by Gasteiger charge is 2.24. The summed E-state index contributed by atoms with van der Waals surface area (Å²) >= 11 is 0. The minimum absolute atomic E-state index is 0.334. The SMILES string of the molecule is Cc1ccc2cc([C@H]3CO3)ccc2n1. The Morgan fingerprint density at radius 3 is 2.93 bits per heavy atom. The number of epoxide rings is 1. The molecule has 14 heavy (non-hydrogen) atoms. The molecule has 70 valence electrons. The predicted octanol–water partition coefficient (Wildman–Crippen LogP) is 2.61. The van der Waals surface area contributed by atoms with Crippen LogP contribution < -0.4 is 0 Å². The molecule has 2 heterocycles.